The molecule has 37 heavy (non-hydrogen) atoms. The summed E-state index contributed by atoms with van der Waals surface area (Å²) in [4.78, 5) is 34.1. The molecule has 0 aliphatic carbocycles. The number of thiazole rings is 1. The number of halogens is 2. The predicted molar refractivity (Wildman–Crippen MR) is 154 cm³/mol. The first kappa shape index (κ1) is 27.3. The van der Waals surface area contributed by atoms with Crippen molar-refractivity contribution in [2.75, 3.05) is 32.2 Å². The highest BCUT2D eigenvalue weighted by atomic mass is 79.9. The second-order valence-corrected chi connectivity index (χ2v) is 11.3. The summed E-state index contributed by atoms with van der Waals surface area (Å²) in [6.45, 7) is 6.16. The van der Waals surface area contributed by atoms with Crippen LogP contribution < -0.4 is 24.5 Å². The van der Waals surface area contributed by atoms with E-state index in [1.807, 2.05) is 62.3 Å². The molecule has 0 N–H and O–H groups in total. The summed E-state index contributed by atoms with van der Waals surface area (Å²) in [6, 6.07) is 11.0. The molecule has 1 atom stereocenters. The van der Waals surface area contributed by atoms with Gasteiger partial charge in [-0.25, -0.2) is 9.79 Å². The van der Waals surface area contributed by atoms with Gasteiger partial charge in [0.15, 0.2) is 4.80 Å². The number of rotatable bonds is 7. The van der Waals surface area contributed by atoms with Gasteiger partial charge in [0.1, 0.15) is 5.75 Å². The van der Waals surface area contributed by atoms with Gasteiger partial charge >= 0.3 is 5.97 Å². The fourth-order valence-electron chi connectivity index (χ4n) is 4.19. The van der Waals surface area contributed by atoms with Gasteiger partial charge in [-0.1, -0.05) is 39.4 Å². The van der Waals surface area contributed by atoms with E-state index < -0.39 is 12.0 Å². The highest BCUT2D eigenvalue weighted by Crippen LogP contribution is 2.34. The molecule has 1 aromatic heterocycles. The van der Waals surface area contributed by atoms with E-state index >= 15 is 0 Å². The summed E-state index contributed by atoms with van der Waals surface area (Å²) in [5.41, 5.74) is 3.22. The van der Waals surface area contributed by atoms with Crippen molar-refractivity contribution in [3.05, 3.63) is 87.4 Å². The van der Waals surface area contributed by atoms with Crippen molar-refractivity contribution in [3.63, 3.8) is 0 Å². The summed E-state index contributed by atoms with van der Waals surface area (Å²) >= 11 is 8.36. The van der Waals surface area contributed by atoms with Crippen molar-refractivity contribution in [1.82, 2.24) is 4.57 Å². The Labute approximate surface area is 236 Å². The highest BCUT2D eigenvalue weighted by molar-refractivity contribution is 9.11. The van der Waals surface area contributed by atoms with Crippen molar-refractivity contribution in [2.24, 2.45) is 4.99 Å². The first-order valence-corrected chi connectivity index (χ1v) is 14.1. The first-order valence-electron chi connectivity index (χ1n) is 11.7. The largest absolute Gasteiger partial charge is 0.492 e. The average molecular weight is 649 g/mol. The molecule has 0 amide bonds. The lowest BCUT2D eigenvalue weighted by molar-refractivity contribution is -0.139. The number of carbonyl (C=O) groups excluding carboxylic acids is 1. The maximum Gasteiger partial charge on any atom is 0.338 e. The van der Waals surface area contributed by atoms with Gasteiger partial charge in [-0.2, -0.15) is 0 Å². The van der Waals surface area contributed by atoms with Gasteiger partial charge in [0.05, 0.1) is 39.5 Å². The molecule has 2 aromatic carbocycles. The fourth-order valence-corrected chi connectivity index (χ4v) is 6.60. The minimum absolute atomic E-state index is 0.226. The zero-order valence-electron chi connectivity index (χ0n) is 21.2. The highest BCUT2D eigenvalue weighted by Gasteiger charge is 2.33. The Kier molecular flexibility index (Phi) is 8.40. The van der Waals surface area contributed by atoms with Crippen molar-refractivity contribution >= 4 is 60.9 Å². The van der Waals surface area contributed by atoms with E-state index in [0.29, 0.717) is 33.0 Å². The van der Waals surface area contributed by atoms with E-state index in [9.17, 15) is 9.59 Å². The molecule has 3 aromatic rings. The van der Waals surface area contributed by atoms with E-state index in [2.05, 4.69) is 36.9 Å². The van der Waals surface area contributed by atoms with E-state index in [1.165, 1.54) is 11.3 Å². The monoisotopic (exact) mass is 647 g/mol. The number of hydrogen-bond donors (Lipinski definition) is 0. The SMILES string of the molecule is CCOC(=O)C1=C(C)N=c2s/c(=C\c3cc(Br)cc(Br)c3OCC)c(=O)n2[C@@H]1c1ccc(N(C)C)cc1. The van der Waals surface area contributed by atoms with E-state index in [4.69, 9.17) is 9.47 Å². The van der Waals surface area contributed by atoms with Crippen molar-refractivity contribution in [2.45, 2.75) is 26.8 Å². The van der Waals surface area contributed by atoms with Crippen molar-refractivity contribution in [3.8, 4) is 5.75 Å². The molecule has 0 unspecified atom stereocenters. The molecule has 2 heterocycles. The zero-order valence-corrected chi connectivity index (χ0v) is 25.2. The molecule has 0 saturated heterocycles. The van der Waals surface area contributed by atoms with Crippen LogP contribution in [0.3, 0.4) is 0 Å². The molecule has 0 radical (unpaired) electrons. The van der Waals surface area contributed by atoms with Crippen LogP contribution in [-0.2, 0) is 9.53 Å². The number of hydrogen-bond acceptors (Lipinski definition) is 7. The molecular formula is C27H27Br2N3O4S. The van der Waals surface area contributed by atoms with Gasteiger partial charge in [0.2, 0.25) is 0 Å². The molecule has 0 saturated carbocycles. The molecule has 4 rings (SSSR count). The summed E-state index contributed by atoms with van der Waals surface area (Å²) in [5.74, 6) is 0.171. The molecule has 1 aliphatic rings. The smallest absolute Gasteiger partial charge is 0.338 e. The van der Waals surface area contributed by atoms with Gasteiger partial charge < -0.3 is 14.4 Å². The van der Waals surface area contributed by atoms with E-state index in [1.54, 1.807) is 24.5 Å². The van der Waals surface area contributed by atoms with E-state index in [0.717, 1.165) is 25.8 Å². The first-order chi connectivity index (χ1) is 17.7. The number of allylic oxidation sites excluding steroid dienone is 1. The number of nitrogens with zero attached hydrogens (tertiary/aromatic N) is 3. The van der Waals surface area contributed by atoms with Crippen molar-refractivity contribution < 1.29 is 14.3 Å². The van der Waals surface area contributed by atoms with E-state index in [-0.39, 0.29) is 12.2 Å². The quantitative estimate of drug-likeness (QED) is 0.345. The second kappa shape index (κ2) is 11.4. The number of esters is 1. The molecule has 0 fully saturated rings. The predicted octanol–water partition coefficient (Wildman–Crippen LogP) is 4.79. The zero-order chi connectivity index (χ0) is 26.9. The van der Waals surface area contributed by atoms with Gasteiger partial charge in [-0.05, 0) is 72.6 Å². The average Bonchev–Trinajstić information content (AvgIpc) is 3.14. The van der Waals surface area contributed by atoms with Crippen LogP contribution in [-0.4, -0.2) is 37.8 Å². The van der Waals surface area contributed by atoms with Crippen LogP contribution in [0, 0.1) is 0 Å². The fraction of sp³-hybridized carbons (Fsp3) is 0.296. The number of fused-ring (bicyclic) bond motifs is 1. The number of anilines is 1. The minimum atomic E-state index is -0.658. The lowest BCUT2D eigenvalue weighted by atomic mass is 9.95. The summed E-state index contributed by atoms with van der Waals surface area (Å²) in [6.07, 6.45) is 1.81. The van der Waals surface area contributed by atoms with Gasteiger partial charge in [-0.15, -0.1) is 0 Å². The molecule has 1 aliphatic heterocycles. The van der Waals surface area contributed by atoms with Crippen LogP contribution in [0.5, 0.6) is 5.75 Å². The maximum absolute atomic E-state index is 13.9. The van der Waals surface area contributed by atoms with Crippen LogP contribution in [0.1, 0.15) is 37.9 Å². The Morgan fingerprint density at radius 3 is 2.49 bits per heavy atom. The van der Waals surface area contributed by atoms with Gasteiger partial charge in [-0.3, -0.25) is 9.36 Å². The lowest BCUT2D eigenvalue weighted by Crippen LogP contribution is -2.40. The minimum Gasteiger partial charge on any atom is -0.492 e. The topological polar surface area (TPSA) is 73.1 Å². The Morgan fingerprint density at radius 1 is 1.16 bits per heavy atom. The van der Waals surface area contributed by atoms with Gasteiger partial charge in [0, 0.05) is 29.8 Å². The van der Waals surface area contributed by atoms with Crippen LogP contribution in [0.25, 0.3) is 6.08 Å². The number of carbonyl (C=O) groups is 1. The van der Waals surface area contributed by atoms with Crippen LogP contribution in [0.2, 0.25) is 0 Å². The van der Waals surface area contributed by atoms with Crippen LogP contribution in [0.15, 0.2) is 66.4 Å². The second-order valence-electron chi connectivity index (χ2n) is 8.53. The Bertz CT molecular complexity index is 1560. The maximum atomic E-state index is 13.9. The van der Waals surface area contributed by atoms with Crippen LogP contribution in [0.4, 0.5) is 5.69 Å². The molecule has 0 bridgehead atoms. The van der Waals surface area contributed by atoms with Gasteiger partial charge in [0.25, 0.3) is 5.56 Å². The normalized spacial score (nSPS) is 15.3. The molecule has 0 spiro atoms. The standard InChI is InChI=1S/C27H27Br2N3O4S/c1-6-35-24-17(12-18(28)14-20(24)29)13-21-25(33)32-23(16-8-10-19(11-9-16)31(4)5)22(26(34)36-7-2)15(3)30-27(32)37-21/h8-14,23H,6-7H2,1-5H3/b21-13-/t23-/m1/s1. The molecular weight excluding hydrogens is 622 g/mol. The number of benzene rings is 2. The third-order valence-corrected chi connectivity index (χ3v) is 7.88. The lowest BCUT2D eigenvalue weighted by Gasteiger charge is -2.25. The Balaban J connectivity index is 1.96. The summed E-state index contributed by atoms with van der Waals surface area (Å²) < 4.78 is 14.9. The van der Waals surface area contributed by atoms with Crippen molar-refractivity contribution in [1.29, 1.82) is 0 Å². The third kappa shape index (κ3) is 5.46. The molecule has 10 heteroatoms. The summed E-state index contributed by atoms with van der Waals surface area (Å²) in [5, 5.41) is 0. The Hall–Kier alpha value is -2.69. The number of ether oxygens (including phenoxy) is 2. The molecule has 194 valence electrons. The number of aromatic nitrogens is 1. The molecule has 7 nitrogen and oxygen atoms in total. The third-order valence-electron chi connectivity index (χ3n) is 5.85. The summed E-state index contributed by atoms with van der Waals surface area (Å²) in [7, 11) is 3.92. The Morgan fingerprint density at radius 2 is 1.86 bits per heavy atom. The van der Waals surface area contributed by atoms with Crippen LogP contribution >= 0.6 is 43.2 Å².